The van der Waals surface area contributed by atoms with Crippen LogP contribution in [0.25, 0.3) is 0 Å². The second kappa shape index (κ2) is 45.8. The van der Waals surface area contributed by atoms with Crippen molar-refractivity contribution >= 4 is 11.9 Å². The number of allylic oxidation sites excluding steroid dienone is 5. The van der Waals surface area contributed by atoms with Gasteiger partial charge < -0.3 is 20.3 Å². The smallest absolute Gasteiger partial charge is 0.305 e. The molecule has 0 aromatic rings. The molecule has 0 aliphatic rings. The van der Waals surface area contributed by atoms with Crippen molar-refractivity contribution in [1.82, 2.24) is 5.32 Å². The molecular formula is C50H93NO5. The van der Waals surface area contributed by atoms with E-state index in [-0.39, 0.29) is 18.5 Å². The van der Waals surface area contributed by atoms with Crippen molar-refractivity contribution in [2.45, 2.75) is 257 Å². The molecule has 0 spiro atoms. The van der Waals surface area contributed by atoms with Gasteiger partial charge in [0, 0.05) is 12.8 Å². The molecule has 6 nitrogen and oxygen atoms in total. The number of carbonyl (C=O) groups excluding carboxylic acids is 2. The first kappa shape index (κ1) is 54.1. The van der Waals surface area contributed by atoms with E-state index < -0.39 is 12.1 Å². The monoisotopic (exact) mass is 788 g/mol. The van der Waals surface area contributed by atoms with Gasteiger partial charge in [-0.05, 0) is 57.8 Å². The second-order valence-corrected chi connectivity index (χ2v) is 16.4. The van der Waals surface area contributed by atoms with Crippen LogP contribution in [0.5, 0.6) is 0 Å². The number of amides is 1. The maximum atomic E-state index is 12.4. The molecule has 56 heavy (non-hydrogen) atoms. The maximum absolute atomic E-state index is 12.4. The predicted octanol–water partition coefficient (Wildman–Crippen LogP) is 14.1. The van der Waals surface area contributed by atoms with Gasteiger partial charge in [0.15, 0.2) is 0 Å². The van der Waals surface area contributed by atoms with Gasteiger partial charge in [-0.3, -0.25) is 9.59 Å². The largest absolute Gasteiger partial charge is 0.466 e. The van der Waals surface area contributed by atoms with Crippen molar-refractivity contribution in [1.29, 1.82) is 0 Å². The van der Waals surface area contributed by atoms with Crippen molar-refractivity contribution < 1.29 is 24.5 Å². The lowest BCUT2D eigenvalue weighted by molar-refractivity contribution is -0.143. The molecule has 2 unspecified atom stereocenters. The Labute approximate surface area is 347 Å². The first-order valence-electron chi connectivity index (χ1n) is 24.3. The van der Waals surface area contributed by atoms with Crippen molar-refractivity contribution in [3.63, 3.8) is 0 Å². The number of carbonyl (C=O) groups is 2. The van der Waals surface area contributed by atoms with Crippen LogP contribution in [0, 0.1) is 0 Å². The summed E-state index contributed by atoms with van der Waals surface area (Å²) >= 11 is 0. The van der Waals surface area contributed by atoms with Gasteiger partial charge in [-0.25, -0.2) is 0 Å². The molecule has 0 aliphatic carbocycles. The number of nitrogens with one attached hydrogen (secondary N) is 1. The van der Waals surface area contributed by atoms with Crippen LogP contribution in [0.4, 0.5) is 0 Å². The van der Waals surface area contributed by atoms with Gasteiger partial charge in [-0.2, -0.15) is 0 Å². The minimum atomic E-state index is -0.846. The normalized spacial score (nSPS) is 13.0. The van der Waals surface area contributed by atoms with Crippen LogP contribution >= 0.6 is 0 Å². The predicted molar refractivity (Wildman–Crippen MR) is 241 cm³/mol. The molecule has 0 fully saturated rings. The number of rotatable bonds is 44. The number of aliphatic hydroxyl groups excluding tert-OH is 2. The molecule has 0 radical (unpaired) electrons. The van der Waals surface area contributed by atoms with Crippen LogP contribution in [-0.2, 0) is 14.3 Å². The zero-order chi connectivity index (χ0) is 40.8. The van der Waals surface area contributed by atoms with Gasteiger partial charge in [0.1, 0.15) is 0 Å². The van der Waals surface area contributed by atoms with Gasteiger partial charge in [0.2, 0.25) is 5.91 Å². The third-order valence-electron chi connectivity index (χ3n) is 10.9. The lowest BCUT2D eigenvalue weighted by Gasteiger charge is -2.20. The van der Waals surface area contributed by atoms with Crippen molar-refractivity contribution in [3.8, 4) is 0 Å². The molecular weight excluding hydrogens is 695 g/mol. The summed E-state index contributed by atoms with van der Waals surface area (Å²) in [7, 11) is 0. The summed E-state index contributed by atoms with van der Waals surface area (Å²) in [6.45, 7) is 4.78. The molecule has 0 rings (SSSR count). The van der Waals surface area contributed by atoms with Crippen LogP contribution in [0.1, 0.15) is 245 Å². The lowest BCUT2D eigenvalue weighted by atomic mass is 10.0. The number of hydrogen-bond donors (Lipinski definition) is 3. The zero-order valence-electron chi connectivity index (χ0n) is 37.1. The summed E-state index contributed by atoms with van der Waals surface area (Å²) in [6, 6.07) is -0.630. The quantitative estimate of drug-likeness (QED) is 0.0325. The van der Waals surface area contributed by atoms with Crippen LogP contribution in [0.15, 0.2) is 36.5 Å². The number of esters is 1. The Morgan fingerprint density at radius 3 is 1.43 bits per heavy atom. The highest BCUT2D eigenvalue weighted by atomic mass is 16.5. The van der Waals surface area contributed by atoms with E-state index in [9.17, 15) is 19.8 Å². The Kier molecular flexibility index (Phi) is 44.2. The van der Waals surface area contributed by atoms with E-state index in [4.69, 9.17) is 4.74 Å². The number of unbranched alkanes of at least 4 members (excludes halogenated alkanes) is 29. The molecule has 0 heterocycles. The molecule has 0 saturated carbocycles. The van der Waals surface area contributed by atoms with Crippen molar-refractivity contribution in [2.24, 2.45) is 0 Å². The standard InChI is InChI=1S/C50H93NO5/c1-3-5-7-9-11-13-14-20-24-28-32-36-40-44-50(55)56-45-41-37-33-29-25-22-19-17-15-16-18-21-23-27-31-35-39-43-49(54)51-47(46-52)48(53)42-38-34-30-26-12-10-8-6-4-2/h7,9,13-14,38,42,47-48,52-53H,3-6,8,10-12,15-37,39-41,43-46H2,1-2H3,(H,51,54)/b9-7-,14-13-,42-38+. The van der Waals surface area contributed by atoms with E-state index in [2.05, 4.69) is 43.5 Å². The fraction of sp³-hybridized carbons (Fsp3) is 0.840. The topological polar surface area (TPSA) is 95.9 Å². The summed E-state index contributed by atoms with van der Waals surface area (Å²) in [5, 5.41) is 22.9. The van der Waals surface area contributed by atoms with Gasteiger partial charge >= 0.3 is 5.97 Å². The van der Waals surface area contributed by atoms with E-state index in [0.717, 1.165) is 51.4 Å². The van der Waals surface area contributed by atoms with Crippen molar-refractivity contribution in [2.75, 3.05) is 13.2 Å². The molecule has 0 aliphatic heterocycles. The van der Waals surface area contributed by atoms with Crippen molar-refractivity contribution in [3.05, 3.63) is 36.5 Å². The minimum Gasteiger partial charge on any atom is -0.466 e. The molecule has 0 bridgehead atoms. The van der Waals surface area contributed by atoms with Crippen LogP contribution < -0.4 is 5.32 Å². The van der Waals surface area contributed by atoms with E-state index in [1.54, 1.807) is 6.08 Å². The number of hydrogen-bond acceptors (Lipinski definition) is 5. The van der Waals surface area contributed by atoms with Gasteiger partial charge in [0.05, 0.1) is 25.4 Å². The lowest BCUT2D eigenvalue weighted by Crippen LogP contribution is -2.45. The molecule has 2 atom stereocenters. The number of ether oxygens (including phenoxy) is 1. The molecule has 0 aromatic heterocycles. The van der Waals surface area contributed by atoms with E-state index in [1.165, 1.54) is 167 Å². The first-order valence-corrected chi connectivity index (χ1v) is 24.3. The van der Waals surface area contributed by atoms with Crippen LogP contribution in [0.2, 0.25) is 0 Å². The van der Waals surface area contributed by atoms with Crippen LogP contribution in [-0.4, -0.2) is 47.4 Å². The Bertz CT molecular complexity index is 915. The summed E-state index contributed by atoms with van der Waals surface area (Å²) < 4.78 is 5.45. The molecule has 0 saturated heterocycles. The number of aliphatic hydroxyl groups is 2. The SMILES string of the molecule is CCC/C=C\C/C=C\CCCCCCCC(=O)OCCCCCCCCCCCCCCCCCCCC(=O)NC(CO)C(O)/C=C/CCCCCCCCC. The minimum absolute atomic E-state index is 0.0120. The third kappa shape index (κ3) is 41.7. The average molecular weight is 788 g/mol. The average Bonchev–Trinajstić information content (AvgIpc) is 3.20. The highest BCUT2D eigenvalue weighted by Crippen LogP contribution is 2.15. The molecule has 6 heteroatoms. The fourth-order valence-electron chi connectivity index (χ4n) is 7.14. The fourth-order valence-corrected chi connectivity index (χ4v) is 7.14. The zero-order valence-corrected chi connectivity index (χ0v) is 37.1. The second-order valence-electron chi connectivity index (χ2n) is 16.4. The van der Waals surface area contributed by atoms with Gasteiger partial charge in [-0.15, -0.1) is 0 Å². The molecule has 328 valence electrons. The summed E-state index contributed by atoms with van der Waals surface area (Å²) in [6.07, 6.45) is 54.3. The van der Waals surface area contributed by atoms with Gasteiger partial charge in [0.25, 0.3) is 0 Å². The highest BCUT2D eigenvalue weighted by Gasteiger charge is 2.18. The summed E-state index contributed by atoms with van der Waals surface area (Å²) in [4.78, 5) is 24.3. The third-order valence-corrected chi connectivity index (χ3v) is 10.9. The summed E-state index contributed by atoms with van der Waals surface area (Å²) in [5.74, 6) is -0.0896. The Balaban J connectivity index is 3.43. The summed E-state index contributed by atoms with van der Waals surface area (Å²) in [5.41, 5.74) is 0. The Morgan fingerprint density at radius 2 is 0.929 bits per heavy atom. The first-order chi connectivity index (χ1) is 27.5. The Hall–Kier alpha value is -1.92. The maximum Gasteiger partial charge on any atom is 0.305 e. The molecule has 1 amide bonds. The highest BCUT2D eigenvalue weighted by molar-refractivity contribution is 5.76. The van der Waals surface area contributed by atoms with E-state index >= 15 is 0 Å². The van der Waals surface area contributed by atoms with E-state index in [1.807, 2.05) is 6.08 Å². The van der Waals surface area contributed by atoms with E-state index in [0.29, 0.717) is 19.4 Å². The van der Waals surface area contributed by atoms with Crippen LogP contribution in [0.3, 0.4) is 0 Å². The molecule has 3 N–H and O–H groups in total. The Morgan fingerprint density at radius 1 is 0.500 bits per heavy atom. The van der Waals surface area contributed by atoms with Gasteiger partial charge in [-0.1, -0.05) is 211 Å². The molecule has 0 aromatic carbocycles.